The van der Waals surface area contributed by atoms with Crippen LogP contribution in [0.2, 0.25) is 0 Å². The van der Waals surface area contributed by atoms with Gasteiger partial charge >= 0.3 is 0 Å². The molecule has 4 aromatic rings. The number of nitriles is 1. The molecule has 264 valence electrons. The van der Waals surface area contributed by atoms with Crippen LogP contribution >= 0.6 is 11.8 Å². The predicted molar refractivity (Wildman–Crippen MR) is 203 cm³/mol. The lowest BCUT2D eigenvalue weighted by Crippen LogP contribution is -2.31. The molecule has 2 N–H and O–H groups in total. The van der Waals surface area contributed by atoms with Gasteiger partial charge in [0.2, 0.25) is 0 Å². The lowest BCUT2D eigenvalue weighted by molar-refractivity contribution is -0.384. The average Bonchev–Trinajstić information content (AvgIpc) is 3.13. The average molecular weight is 725 g/mol. The van der Waals surface area contributed by atoms with Crippen LogP contribution in [0.25, 0.3) is 6.08 Å². The van der Waals surface area contributed by atoms with E-state index in [9.17, 15) is 28.6 Å². The number of thioether (sulfide) groups is 1. The maximum atomic E-state index is 13.3. The molecular formula is C38H40N6O5S2. The SMILES string of the molecule is CN(C)CC[C@H](CSc1ccccc1)Nc1ccc(S(=O)(=O)NC(=O)c2ccc(N3CCC(=Cc4ccccc4C#N)CC3)cc2)cc1[N+](=O)[O-]. The lowest BCUT2D eigenvalue weighted by atomic mass is 9.98. The van der Waals surface area contributed by atoms with E-state index in [1.165, 1.54) is 17.7 Å². The second-order valence-corrected chi connectivity index (χ2v) is 15.2. The van der Waals surface area contributed by atoms with Gasteiger partial charge in [-0.25, -0.2) is 13.1 Å². The molecule has 11 nitrogen and oxygen atoms in total. The van der Waals surface area contributed by atoms with Crippen molar-refractivity contribution < 1.29 is 18.1 Å². The number of rotatable bonds is 14. The molecule has 4 aromatic carbocycles. The van der Waals surface area contributed by atoms with E-state index in [4.69, 9.17) is 0 Å². The second kappa shape index (κ2) is 17.2. The number of amides is 1. The van der Waals surface area contributed by atoms with Crippen LogP contribution in [0.3, 0.4) is 0 Å². The molecule has 1 aliphatic rings. The summed E-state index contributed by atoms with van der Waals surface area (Å²) in [6, 6.07) is 29.7. The fraction of sp³-hybridized carbons (Fsp3) is 0.263. The van der Waals surface area contributed by atoms with Gasteiger partial charge in [0.05, 0.1) is 21.5 Å². The molecule has 0 unspecified atom stereocenters. The highest BCUT2D eigenvalue weighted by Crippen LogP contribution is 2.30. The molecule has 0 radical (unpaired) electrons. The molecule has 51 heavy (non-hydrogen) atoms. The van der Waals surface area contributed by atoms with Gasteiger partial charge in [-0.3, -0.25) is 14.9 Å². The van der Waals surface area contributed by atoms with E-state index in [1.54, 1.807) is 42.1 Å². The monoisotopic (exact) mass is 724 g/mol. The number of benzene rings is 4. The van der Waals surface area contributed by atoms with Crippen LogP contribution in [0.15, 0.2) is 112 Å². The second-order valence-electron chi connectivity index (χ2n) is 12.5. The van der Waals surface area contributed by atoms with E-state index in [0.29, 0.717) is 17.7 Å². The Morgan fingerprint density at radius 2 is 1.71 bits per heavy atom. The molecular weight excluding hydrogens is 685 g/mol. The smallest absolute Gasteiger partial charge is 0.293 e. The van der Waals surface area contributed by atoms with Crippen LogP contribution in [0.5, 0.6) is 0 Å². The number of piperidine rings is 1. The third-order valence-corrected chi connectivity index (χ3v) is 11.0. The van der Waals surface area contributed by atoms with Crippen molar-refractivity contribution in [2.45, 2.75) is 35.1 Å². The van der Waals surface area contributed by atoms with Crippen molar-refractivity contribution >= 4 is 50.8 Å². The van der Waals surface area contributed by atoms with E-state index in [1.807, 2.05) is 67.5 Å². The van der Waals surface area contributed by atoms with Gasteiger partial charge in [-0.2, -0.15) is 5.26 Å². The van der Waals surface area contributed by atoms with E-state index >= 15 is 0 Å². The van der Waals surface area contributed by atoms with Gasteiger partial charge in [-0.05, 0) is 100 Å². The number of nitro groups is 1. The fourth-order valence-electron chi connectivity index (χ4n) is 5.70. The van der Waals surface area contributed by atoms with Crippen molar-refractivity contribution in [2.75, 3.05) is 49.7 Å². The number of anilines is 2. The first-order chi connectivity index (χ1) is 24.5. The van der Waals surface area contributed by atoms with Gasteiger partial charge in [0.25, 0.3) is 21.6 Å². The molecule has 13 heteroatoms. The quantitative estimate of drug-likeness (QED) is 0.0809. The Morgan fingerprint density at radius 1 is 1.02 bits per heavy atom. The molecule has 1 heterocycles. The number of sulfonamides is 1. The highest BCUT2D eigenvalue weighted by molar-refractivity contribution is 7.99. The van der Waals surface area contributed by atoms with Crippen LogP contribution < -0.4 is 14.9 Å². The number of nitro benzene ring substituents is 1. The number of nitrogens with zero attached hydrogens (tertiary/aromatic N) is 4. The zero-order chi connectivity index (χ0) is 36.4. The molecule has 5 rings (SSSR count). The minimum atomic E-state index is -4.42. The molecule has 0 aromatic heterocycles. The molecule has 1 aliphatic heterocycles. The van der Waals surface area contributed by atoms with Gasteiger partial charge in [0, 0.05) is 47.1 Å². The third-order valence-electron chi connectivity index (χ3n) is 8.52. The first-order valence-corrected chi connectivity index (χ1v) is 19.0. The molecule has 0 aliphatic carbocycles. The van der Waals surface area contributed by atoms with Crippen LogP contribution in [-0.2, 0) is 10.0 Å². The van der Waals surface area contributed by atoms with E-state index < -0.39 is 26.5 Å². The Labute approximate surface area is 303 Å². The van der Waals surface area contributed by atoms with Crippen LogP contribution in [-0.4, -0.2) is 69.7 Å². The maximum Gasteiger partial charge on any atom is 0.293 e. The van der Waals surface area contributed by atoms with Gasteiger partial charge in [-0.15, -0.1) is 11.8 Å². The highest BCUT2D eigenvalue weighted by Gasteiger charge is 2.25. The molecule has 1 saturated heterocycles. The highest BCUT2D eigenvalue weighted by atomic mass is 32.2. The van der Waals surface area contributed by atoms with Crippen LogP contribution in [0.4, 0.5) is 17.1 Å². The summed E-state index contributed by atoms with van der Waals surface area (Å²) in [5.41, 5.74) is 3.65. The van der Waals surface area contributed by atoms with Gasteiger partial charge < -0.3 is 15.1 Å². The van der Waals surface area contributed by atoms with Gasteiger partial charge in [0.1, 0.15) is 5.69 Å². The van der Waals surface area contributed by atoms with Crippen molar-refractivity contribution in [3.8, 4) is 6.07 Å². The zero-order valence-corrected chi connectivity index (χ0v) is 30.1. The summed E-state index contributed by atoms with van der Waals surface area (Å²) >= 11 is 1.63. The number of hydrogen-bond acceptors (Lipinski definition) is 10. The summed E-state index contributed by atoms with van der Waals surface area (Å²) in [6.07, 6.45) is 4.43. The minimum Gasteiger partial charge on any atom is -0.376 e. The Bertz CT molecular complexity index is 2020. The molecule has 0 saturated carbocycles. The standard InChI is InChI=1S/C38H40N6O5S2/c1-42(2)21-20-32(27-50-34-10-4-3-5-11-34)40-36-17-16-35(25-37(36)44(46)47)51(48,49)41-38(45)29-12-14-33(15-13-29)43-22-18-28(19-23-43)24-30-8-6-7-9-31(30)26-39/h3-17,24-25,32,40H,18-23,27H2,1-2H3,(H,41,45)/t32-/m1/s1. The predicted octanol–water partition coefficient (Wildman–Crippen LogP) is 6.79. The van der Waals surface area contributed by atoms with Crippen molar-refractivity contribution in [1.82, 2.24) is 9.62 Å². The number of carbonyl (C=O) groups excluding carboxylic acids is 1. The number of hydrogen-bond donors (Lipinski definition) is 2. The topological polar surface area (TPSA) is 149 Å². The first-order valence-electron chi connectivity index (χ1n) is 16.5. The van der Waals surface area contributed by atoms with Crippen LogP contribution in [0.1, 0.15) is 40.7 Å². The Balaban J connectivity index is 1.22. The maximum absolute atomic E-state index is 13.3. The zero-order valence-electron chi connectivity index (χ0n) is 28.5. The summed E-state index contributed by atoms with van der Waals surface area (Å²) in [7, 11) is -0.517. The van der Waals surface area contributed by atoms with Crippen LogP contribution in [0, 0.1) is 21.4 Å². The normalized spacial score (nSPS) is 13.7. The summed E-state index contributed by atoms with van der Waals surface area (Å²) in [5.74, 6) is -0.203. The molecule has 1 amide bonds. The Hall–Kier alpha value is -5.16. The van der Waals surface area contributed by atoms with E-state index in [2.05, 4.69) is 27.1 Å². The van der Waals surface area contributed by atoms with E-state index in [-0.39, 0.29) is 22.2 Å². The summed E-state index contributed by atoms with van der Waals surface area (Å²) in [6.45, 7) is 2.26. The lowest BCUT2D eigenvalue weighted by Gasteiger charge is -2.30. The summed E-state index contributed by atoms with van der Waals surface area (Å²) < 4.78 is 28.6. The molecule has 1 fully saturated rings. The van der Waals surface area contributed by atoms with E-state index in [0.717, 1.165) is 54.7 Å². The third kappa shape index (κ3) is 10.2. The Morgan fingerprint density at radius 3 is 2.37 bits per heavy atom. The largest absolute Gasteiger partial charge is 0.376 e. The summed E-state index contributed by atoms with van der Waals surface area (Å²) in [5, 5.41) is 24.8. The van der Waals surface area contributed by atoms with Crippen molar-refractivity contribution in [3.05, 3.63) is 129 Å². The fourth-order valence-corrected chi connectivity index (χ4v) is 7.69. The van der Waals surface area contributed by atoms with Crippen molar-refractivity contribution in [1.29, 1.82) is 5.26 Å². The van der Waals surface area contributed by atoms with Crippen molar-refractivity contribution in [2.24, 2.45) is 0 Å². The number of nitrogens with one attached hydrogen (secondary N) is 2. The molecule has 0 bridgehead atoms. The van der Waals surface area contributed by atoms with Crippen molar-refractivity contribution in [3.63, 3.8) is 0 Å². The minimum absolute atomic E-state index is 0.139. The first kappa shape index (κ1) is 37.1. The number of carbonyl (C=O) groups is 1. The molecule has 1 atom stereocenters. The van der Waals surface area contributed by atoms with Gasteiger partial charge in [-0.1, -0.05) is 48.0 Å². The Kier molecular flexibility index (Phi) is 12.5. The molecule has 0 spiro atoms. The summed E-state index contributed by atoms with van der Waals surface area (Å²) in [4.78, 5) is 29.4. The van der Waals surface area contributed by atoms with Gasteiger partial charge in [0.15, 0.2) is 0 Å².